The van der Waals surface area contributed by atoms with Crippen molar-refractivity contribution in [3.63, 3.8) is 0 Å². The lowest BCUT2D eigenvalue weighted by Crippen LogP contribution is -2.26. The standard InChI is InChI=1S/C13H18N2O3/c14-11-5-3-4-10(8-11)9-12(16)15-7-2-1-6-13(17)18/h3-5,8H,1-2,6-7,9,14H2,(H,15,16)(H,17,18). The number of nitrogens with one attached hydrogen (secondary N) is 1. The van der Waals surface area contributed by atoms with E-state index in [-0.39, 0.29) is 12.3 Å². The van der Waals surface area contributed by atoms with E-state index in [4.69, 9.17) is 10.8 Å². The van der Waals surface area contributed by atoms with Crippen LogP contribution in [0.3, 0.4) is 0 Å². The van der Waals surface area contributed by atoms with Gasteiger partial charge in [-0.25, -0.2) is 0 Å². The highest BCUT2D eigenvalue weighted by Gasteiger charge is 2.03. The van der Waals surface area contributed by atoms with Gasteiger partial charge in [-0.3, -0.25) is 9.59 Å². The lowest BCUT2D eigenvalue weighted by atomic mass is 10.1. The van der Waals surface area contributed by atoms with Gasteiger partial charge in [0.25, 0.3) is 0 Å². The fourth-order valence-electron chi connectivity index (χ4n) is 1.58. The number of carbonyl (C=O) groups excluding carboxylic acids is 1. The van der Waals surface area contributed by atoms with Crippen LogP contribution in [-0.4, -0.2) is 23.5 Å². The minimum Gasteiger partial charge on any atom is -0.481 e. The molecular weight excluding hydrogens is 232 g/mol. The maximum atomic E-state index is 11.6. The van der Waals surface area contributed by atoms with Gasteiger partial charge in [0.05, 0.1) is 6.42 Å². The summed E-state index contributed by atoms with van der Waals surface area (Å²) < 4.78 is 0. The molecule has 0 spiro atoms. The normalized spacial score (nSPS) is 10.0. The third-order valence-corrected chi connectivity index (χ3v) is 2.46. The van der Waals surface area contributed by atoms with E-state index in [9.17, 15) is 9.59 Å². The second-order valence-electron chi connectivity index (χ2n) is 4.12. The Hall–Kier alpha value is -2.04. The zero-order chi connectivity index (χ0) is 13.4. The van der Waals surface area contributed by atoms with Gasteiger partial charge >= 0.3 is 5.97 Å². The maximum absolute atomic E-state index is 11.6. The molecule has 0 atom stereocenters. The second-order valence-corrected chi connectivity index (χ2v) is 4.12. The summed E-state index contributed by atoms with van der Waals surface area (Å²) in [6.07, 6.45) is 1.69. The molecule has 1 aromatic rings. The minimum absolute atomic E-state index is 0.0732. The highest BCUT2D eigenvalue weighted by Crippen LogP contribution is 2.06. The molecule has 0 aliphatic rings. The number of amides is 1. The van der Waals surface area contributed by atoms with Gasteiger partial charge in [0.2, 0.25) is 5.91 Å². The Morgan fingerprint density at radius 2 is 2.06 bits per heavy atom. The Bertz CT molecular complexity index is 418. The fraction of sp³-hybridized carbons (Fsp3) is 0.385. The van der Waals surface area contributed by atoms with Crippen LogP contribution < -0.4 is 11.1 Å². The summed E-state index contributed by atoms with van der Waals surface area (Å²) >= 11 is 0. The van der Waals surface area contributed by atoms with Gasteiger partial charge in [0.15, 0.2) is 0 Å². The number of unbranched alkanes of at least 4 members (excludes halogenated alkanes) is 1. The Labute approximate surface area is 106 Å². The number of hydrogen-bond acceptors (Lipinski definition) is 3. The average Bonchev–Trinajstić information content (AvgIpc) is 2.28. The van der Waals surface area contributed by atoms with Gasteiger partial charge in [-0.15, -0.1) is 0 Å². The summed E-state index contributed by atoms with van der Waals surface area (Å²) in [6.45, 7) is 0.508. The van der Waals surface area contributed by atoms with Crippen LogP contribution in [0.15, 0.2) is 24.3 Å². The number of nitrogen functional groups attached to an aromatic ring is 1. The summed E-state index contributed by atoms with van der Waals surface area (Å²) in [4.78, 5) is 21.8. The van der Waals surface area contributed by atoms with Crippen molar-refractivity contribution in [3.05, 3.63) is 29.8 Å². The molecule has 0 aromatic heterocycles. The number of hydrogen-bond donors (Lipinski definition) is 3. The number of anilines is 1. The molecule has 1 aromatic carbocycles. The molecule has 0 heterocycles. The summed E-state index contributed by atoms with van der Waals surface area (Å²) in [5.41, 5.74) is 7.13. The summed E-state index contributed by atoms with van der Waals surface area (Å²) in [5, 5.41) is 11.2. The molecule has 0 saturated heterocycles. The lowest BCUT2D eigenvalue weighted by molar-refractivity contribution is -0.137. The summed E-state index contributed by atoms with van der Waals surface area (Å²) in [6, 6.07) is 7.20. The van der Waals surface area contributed by atoms with E-state index in [1.54, 1.807) is 12.1 Å². The first-order valence-electron chi connectivity index (χ1n) is 5.91. The molecule has 1 amide bonds. The highest BCUT2D eigenvalue weighted by atomic mass is 16.4. The van der Waals surface area contributed by atoms with E-state index in [0.29, 0.717) is 31.5 Å². The molecule has 5 nitrogen and oxygen atoms in total. The van der Waals surface area contributed by atoms with Crippen molar-refractivity contribution in [2.45, 2.75) is 25.7 Å². The molecule has 0 radical (unpaired) electrons. The first-order valence-corrected chi connectivity index (χ1v) is 5.91. The minimum atomic E-state index is -0.805. The van der Waals surface area contributed by atoms with Crippen LogP contribution in [0, 0.1) is 0 Å². The molecule has 1 rings (SSSR count). The Morgan fingerprint density at radius 1 is 1.28 bits per heavy atom. The first-order chi connectivity index (χ1) is 8.58. The van der Waals surface area contributed by atoms with Crippen LogP contribution in [0.1, 0.15) is 24.8 Å². The van der Waals surface area contributed by atoms with Crippen LogP contribution in [0.25, 0.3) is 0 Å². The molecule has 18 heavy (non-hydrogen) atoms. The molecule has 98 valence electrons. The summed E-state index contributed by atoms with van der Waals surface area (Å²) in [7, 11) is 0. The average molecular weight is 250 g/mol. The van der Waals surface area contributed by atoms with Crippen molar-refractivity contribution in [1.82, 2.24) is 5.32 Å². The first kappa shape index (κ1) is 14.0. The number of rotatable bonds is 7. The third kappa shape index (κ3) is 5.89. The number of carbonyl (C=O) groups is 2. The van der Waals surface area contributed by atoms with E-state index >= 15 is 0 Å². The van der Waals surface area contributed by atoms with Crippen LogP contribution in [-0.2, 0) is 16.0 Å². The van der Waals surface area contributed by atoms with Gasteiger partial charge in [0, 0.05) is 18.7 Å². The lowest BCUT2D eigenvalue weighted by Gasteiger charge is -2.05. The number of aliphatic carboxylic acids is 1. The van der Waals surface area contributed by atoms with Gasteiger partial charge in [-0.1, -0.05) is 12.1 Å². The van der Waals surface area contributed by atoms with E-state index < -0.39 is 5.97 Å². The molecule has 4 N–H and O–H groups in total. The monoisotopic (exact) mass is 250 g/mol. The van der Waals surface area contributed by atoms with Crippen molar-refractivity contribution in [3.8, 4) is 0 Å². The van der Waals surface area contributed by atoms with Crippen molar-refractivity contribution in [2.75, 3.05) is 12.3 Å². The van der Waals surface area contributed by atoms with Crippen molar-refractivity contribution >= 4 is 17.6 Å². The predicted octanol–water partition coefficient (Wildman–Crippen LogP) is 1.18. The van der Waals surface area contributed by atoms with Crippen LogP contribution in [0.5, 0.6) is 0 Å². The Morgan fingerprint density at radius 3 is 2.72 bits per heavy atom. The van der Waals surface area contributed by atoms with Crippen LogP contribution >= 0.6 is 0 Å². The highest BCUT2D eigenvalue weighted by molar-refractivity contribution is 5.78. The van der Waals surface area contributed by atoms with Crippen molar-refractivity contribution < 1.29 is 14.7 Å². The maximum Gasteiger partial charge on any atom is 0.303 e. The Balaban J connectivity index is 2.20. The quantitative estimate of drug-likeness (QED) is 0.500. The SMILES string of the molecule is Nc1cccc(CC(=O)NCCCCC(=O)O)c1. The van der Waals surface area contributed by atoms with Crippen molar-refractivity contribution in [1.29, 1.82) is 0 Å². The van der Waals surface area contributed by atoms with Gasteiger partial charge in [-0.05, 0) is 30.5 Å². The molecule has 0 saturated carbocycles. The molecule has 0 fully saturated rings. The fourth-order valence-corrected chi connectivity index (χ4v) is 1.58. The zero-order valence-electron chi connectivity index (χ0n) is 10.2. The van der Waals surface area contributed by atoms with Crippen molar-refractivity contribution in [2.24, 2.45) is 0 Å². The largest absolute Gasteiger partial charge is 0.481 e. The summed E-state index contributed by atoms with van der Waals surface area (Å²) in [5.74, 6) is -0.878. The smallest absolute Gasteiger partial charge is 0.303 e. The van der Waals surface area contributed by atoms with Gasteiger partial charge in [0.1, 0.15) is 0 Å². The third-order valence-electron chi connectivity index (χ3n) is 2.46. The zero-order valence-corrected chi connectivity index (χ0v) is 10.2. The van der Waals surface area contributed by atoms with E-state index in [2.05, 4.69) is 5.32 Å². The second kappa shape index (κ2) is 7.32. The topological polar surface area (TPSA) is 92.4 Å². The number of nitrogens with two attached hydrogens (primary N) is 1. The van der Waals surface area contributed by atoms with Crippen LogP contribution in [0.4, 0.5) is 5.69 Å². The molecule has 0 unspecified atom stereocenters. The number of carboxylic acids is 1. The van der Waals surface area contributed by atoms with Gasteiger partial charge < -0.3 is 16.2 Å². The molecule has 0 aliphatic carbocycles. The number of benzene rings is 1. The Kier molecular flexibility index (Phi) is 5.70. The molecule has 5 heteroatoms. The van der Waals surface area contributed by atoms with E-state index in [1.165, 1.54) is 0 Å². The number of carboxylic acid groups (broad SMARTS) is 1. The van der Waals surface area contributed by atoms with E-state index in [0.717, 1.165) is 5.56 Å². The predicted molar refractivity (Wildman–Crippen MR) is 69.1 cm³/mol. The molecule has 0 bridgehead atoms. The molecule has 0 aliphatic heterocycles. The van der Waals surface area contributed by atoms with E-state index in [1.807, 2.05) is 12.1 Å². The van der Waals surface area contributed by atoms with Crippen LogP contribution in [0.2, 0.25) is 0 Å². The molecular formula is C13H18N2O3. The van der Waals surface area contributed by atoms with Gasteiger partial charge in [-0.2, -0.15) is 0 Å².